The number of esters is 2. The molecule has 0 bridgehead atoms. The van der Waals surface area contributed by atoms with Crippen LogP contribution in [0.4, 0.5) is 0 Å². The van der Waals surface area contributed by atoms with Gasteiger partial charge in [-0.1, -0.05) is 60.1 Å². The zero-order valence-corrected chi connectivity index (χ0v) is 20.3. The van der Waals surface area contributed by atoms with Crippen LogP contribution in [0.25, 0.3) is 0 Å². The fraction of sp³-hybridized carbons (Fsp3) is 0.840. The van der Waals surface area contributed by atoms with Crippen LogP contribution in [0.2, 0.25) is 0 Å². The lowest BCUT2D eigenvalue weighted by atomic mass is 9.92. The maximum atomic E-state index is 11.9. The van der Waals surface area contributed by atoms with Crippen molar-refractivity contribution in [2.24, 2.45) is 17.8 Å². The number of carbonyl (C=O) groups is 2. The Morgan fingerprint density at radius 2 is 1.77 bits per heavy atom. The smallest absolute Gasteiger partial charge is 0.308 e. The van der Waals surface area contributed by atoms with Gasteiger partial charge in [0.2, 0.25) is 0 Å². The third kappa shape index (κ3) is 11.7. The molecule has 6 heteroatoms. The number of hydrogen-bond acceptors (Lipinski definition) is 6. The fourth-order valence-corrected chi connectivity index (χ4v) is 3.74. The number of aliphatic hydroxyl groups is 1. The molecule has 5 atom stereocenters. The predicted molar refractivity (Wildman–Crippen MR) is 121 cm³/mol. The molecule has 1 N–H and O–H groups in total. The van der Waals surface area contributed by atoms with Crippen molar-refractivity contribution in [2.75, 3.05) is 6.61 Å². The van der Waals surface area contributed by atoms with Crippen molar-refractivity contribution in [2.45, 2.75) is 111 Å². The second-order valence-corrected chi connectivity index (χ2v) is 9.54. The van der Waals surface area contributed by atoms with Crippen molar-refractivity contribution in [3.63, 3.8) is 0 Å². The maximum absolute atomic E-state index is 11.9. The summed E-state index contributed by atoms with van der Waals surface area (Å²) in [4.78, 5) is 23.5. The van der Waals surface area contributed by atoms with Gasteiger partial charge in [-0.15, -0.1) is 0 Å². The van der Waals surface area contributed by atoms with Gasteiger partial charge in [-0.2, -0.15) is 0 Å². The fourth-order valence-electron chi connectivity index (χ4n) is 3.74. The molecule has 0 aliphatic carbocycles. The minimum absolute atomic E-state index is 0.0415. The maximum Gasteiger partial charge on any atom is 0.308 e. The molecule has 1 aliphatic rings. The highest BCUT2D eigenvalue weighted by molar-refractivity contribution is 5.71. The van der Waals surface area contributed by atoms with Gasteiger partial charge in [0.15, 0.2) is 0 Å². The summed E-state index contributed by atoms with van der Waals surface area (Å²) < 4.78 is 17.0. The van der Waals surface area contributed by atoms with Gasteiger partial charge in [-0.3, -0.25) is 9.59 Å². The molecule has 0 saturated heterocycles. The van der Waals surface area contributed by atoms with Crippen LogP contribution in [-0.2, 0) is 23.8 Å². The van der Waals surface area contributed by atoms with E-state index in [0.29, 0.717) is 25.9 Å². The van der Waals surface area contributed by atoms with Gasteiger partial charge < -0.3 is 19.3 Å². The molecule has 0 spiro atoms. The normalized spacial score (nSPS) is 21.7. The molecule has 1 rings (SSSR count). The minimum atomic E-state index is -0.503. The Balaban J connectivity index is 2.39. The quantitative estimate of drug-likeness (QED) is 0.308. The Hall–Kier alpha value is -1.40. The van der Waals surface area contributed by atoms with Gasteiger partial charge >= 0.3 is 11.9 Å². The molecule has 6 nitrogen and oxygen atoms in total. The number of rotatable bonds is 14. The van der Waals surface area contributed by atoms with Crippen molar-refractivity contribution < 1.29 is 28.9 Å². The van der Waals surface area contributed by atoms with Crippen LogP contribution in [0, 0.1) is 17.8 Å². The predicted octanol–water partition coefficient (Wildman–Crippen LogP) is 4.82. The molecule has 0 radical (unpaired) electrons. The summed E-state index contributed by atoms with van der Waals surface area (Å²) in [7, 11) is 0. The van der Waals surface area contributed by atoms with Gasteiger partial charge in [-0.05, 0) is 31.6 Å². The molecule has 0 unspecified atom stereocenters. The molecular formula is C25H44O6. The van der Waals surface area contributed by atoms with Crippen LogP contribution >= 0.6 is 0 Å². The molecule has 31 heavy (non-hydrogen) atoms. The SMILES string of the molecule is CCC[C@@H](C[C@@H](O)C[C@H](C)C[C@@H]1CC=C[C@H](CCOC(=O)C(C)C)O1)OC(=O)C(C)C. The lowest BCUT2D eigenvalue weighted by Crippen LogP contribution is -2.29. The summed E-state index contributed by atoms with van der Waals surface area (Å²) in [5.41, 5.74) is 0. The standard InChI is InChI=1S/C25H44O6/c1-7-9-22(31-25(28)18(4)5)16-20(26)14-19(6)15-23-11-8-10-21(30-23)12-13-29-24(27)17(2)3/h8,10,17-23,26H,7,9,11-16H2,1-6H3/t19-,20-,21+,22-,23-/m0/s1. The summed E-state index contributed by atoms with van der Waals surface area (Å²) in [6.45, 7) is 11.8. The van der Waals surface area contributed by atoms with E-state index in [1.165, 1.54) is 0 Å². The lowest BCUT2D eigenvalue weighted by molar-refractivity contribution is -0.154. The number of ether oxygens (including phenoxy) is 3. The van der Waals surface area contributed by atoms with Gasteiger partial charge in [0, 0.05) is 12.8 Å². The summed E-state index contributed by atoms with van der Waals surface area (Å²) in [6.07, 6.45) is 8.67. The average Bonchev–Trinajstić information content (AvgIpc) is 2.67. The van der Waals surface area contributed by atoms with E-state index >= 15 is 0 Å². The van der Waals surface area contributed by atoms with E-state index in [2.05, 4.69) is 19.9 Å². The molecule has 0 fully saturated rings. The Morgan fingerprint density at radius 3 is 2.39 bits per heavy atom. The Morgan fingerprint density at radius 1 is 1.10 bits per heavy atom. The number of hydrogen-bond donors (Lipinski definition) is 1. The zero-order chi connectivity index (χ0) is 23.4. The molecule has 0 aromatic heterocycles. The van der Waals surface area contributed by atoms with Crippen molar-refractivity contribution in [1.29, 1.82) is 0 Å². The third-order valence-corrected chi connectivity index (χ3v) is 5.47. The van der Waals surface area contributed by atoms with E-state index in [1.807, 2.05) is 33.8 Å². The molecule has 0 aromatic carbocycles. The van der Waals surface area contributed by atoms with Crippen LogP contribution in [0.3, 0.4) is 0 Å². The summed E-state index contributed by atoms with van der Waals surface area (Å²) in [5.74, 6) is -0.373. The first-order chi connectivity index (χ1) is 14.6. The van der Waals surface area contributed by atoms with Crippen molar-refractivity contribution in [3.8, 4) is 0 Å². The van der Waals surface area contributed by atoms with Crippen LogP contribution in [0.5, 0.6) is 0 Å². The molecule has 0 saturated carbocycles. The second kappa shape index (κ2) is 14.6. The van der Waals surface area contributed by atoms with Gasteiger partial charge in [0.05, 0.1) is 36.8 Å². The highest BCUT2D eigenvalue weighted by atomic mass is 16.5. The Bertz CT molecular complexity index is 556. The molecule has 0 aromatic rings. The van der Waals surface area contributed by atoms with Crippen LogP contribution in [0.15, 0.2) is 12.2 Å². The minimum Gasteiger partial charge on any atom is -0.465 e. The highest BCUT2D eigenvalue weighted by Gasteiger charge is 2.24. The van der Waals surface area contributed by atoms with Crippen LogP contribution < -0.4 is 0 Å². The van der Waals surface area contributed by atoms with Crippen molar-refractivity contribution in [1.82, 2.24) is 0 Å². The topological polar surface area (TPSA) is 82.1 Å². The third-order valence-electron chi connectivity index (χ3n) is 5.47. The summed E-state index contributed by atoms with van der Waals surface area (Å²) >= 11 is 0. The summed E-state index contributed by atoms with van der Waals surface area (Å²) in [5, 5.41) is 10.6. The molecule has 1 heterocycles. The highest BCUT2D eigenvalue weighted by Crippen LogP contribution is 2.25. The first-order valence-electron chi connectivity index (χ1n) is 12.0. The van der Waals surface area contributed by atoms with Gasteiger partial charge in [-0.25, -0.2) is 0 Å². The molecule has 0 amide bonds. The van der Waals surface area contributed by atoms with Crippen molar-refractivity contribution in [3.05, 3.63) is 12.2 Å². The van der Waals surface area contributed by atoms with E-state index < -0.39 is 6.10 Å². The number of aliphatic hydroxyl groups excluding tert-OH is 1. The lowest BCUT2D eigenvalue weighted by Gasteiger charge is -2.29. The zero-order valence-electron chi connectivity index (χ0n) is 20.3. The average molecular weight is 441 g/mol. The second-order valence-electron chi connectivity index (χ2n) is 9.54. The van der Waals surface area contributed by atoms with E-state index in [1.54, 1.807) is 0 Å². The largest absolute Gasteiger partial charge is 0.465 e. The van der Waals surface area contributed by atoms with Crippen LogP contribution in [0.1, 0.15) is 86.5 Å². The molecule has 1 aliphatic heterocycles. The van der Waals surface area contributed by atoms with E-state index in [4.69, 9.17) is 14.2 Å². The first kappa shape index (κ1) is 27.6. The monoisotopic (exact) mass is 440 g/mol. The molecular weight excluding hydrogens is 396 g/mol. The summed E-state index contributed by atoms with van der Waals surface area (Å²) in [6, 6.07) is 0. The molecule has 180 valence electrons. The van der Waals surface area contributed by atoms with E-state index in [0.717, 1.165) is 25.7 Å². The van der Waals surface area contributed by atoms with Gasteiger partial charge in [0.1, 0.15) is 6.10 Å². The van der Waals surface area contributed by atoms with E-state index in [-0.39, 0.29) is 48.0 Å². The first-order valence-corrected chi connectivity index (χ1v) is 12.0. The van der Waals surface area contributed by atoms with E-state index in [9.17, 15) is 14.7 Å². The Kier molecular flexibility index (Phi) is 13.0. The van der Waals surface area contributed by atoms with Crippen LogP contribution in [-0.4, -0.2) is 48.1 Å². The number of carbonyl (C=O) groups excluding carboxylic acids is 2. The van der Waals surface area contributed by atoms with Gasteiger partial charge in [0.25, 0.3) is 0 Å². The Labute approximate surface area is 188 Å². The van der Waals surface area contributed by atoms with Crippen molar-refractivity contribution >= 4 is 11.9 Å².